The predicted molar refractivity (Wildman–Crippen MR) is 78.2 cm³/mol. The molecular formula is C15H13F3N4O3. The van der Waals surface area contributed by atoms with Crippen molar-refractivity contribution in [2.75, 3.05) is 19.2 Å². The highest BCUT2D eigenvalue weighted by Gasteiger charge is 2.42. The number of methoxy groups -OCH3 is 1. The van der Waals surface area contributed by atoms with Crippen LogP contribution in [-0.2, 0) is 27.1 Å². The molecule has 2 aromatic heterocycles. The molecule has 3 rings (SSSR count). The molecule has 2 aromatic rings. The van der Waals surface area contributed by atoms with Crippen molar-refractivity contribution in [3.8, 4) is 0 Å². The number of carbonyl (C=O) groups is 2. The van der Waals surface area contributed by atoms with Crippen LogP contribution in [-0.4, -0.2) is 40.5 Å². The van der Waals surface area contributed by atoms with Gasteiger partial charge in [0.25, 0.3) is 0 Å². The number of nitrogens with zero attached hydrogens (tertiary/aromatic N) is 4. The molecule has 0 N–H and O–H groups in total. The number of carbonyl (C=O) groups excluding carboxylic acids is 2. The Bertz CT molecular complexity index is 847. The zero-order valence-corrected chi connectivity index (χ0v) is 13.2. The Kier molecular flexibility index (Phi) is 4.07. The van der Waals surface area contributed by atoms with E-state index in [4.69, 9.17) is 4.74 Å². The molecule has 0 radical (unpaired) electrons. The molecule has 0 spiro atoms. The molecule has 0 bridgehead atoms. The van der Waals surface area contributed by atoms with Crippen molar-refractivity contribution in [1.29, 1.82) is 0 Å². The van der Waals surface area contributed by atoms with E-state index in [2.05, 4.69) is 9.97 Å². The lowest BCUT2D eigenvalue weighted by atomic mass is 9.90. The lowest BCUT2D eigenvalue weighted by Crippen LogP contribution is -2.49. The van der Waals surface area contributed by atoms with Crippen LogP contribution in [0.5, 0.6) is 0 Å². The van der Waals surface area contributed by atoms with Crippen molar-refractivity contribution in [2.24, 2.45) is 0 Å². The van der Waals surface area contributed by atoms with Gasteiger partial charge in [-0.1, -0.05) is 6.07 Å². The number of aromatic nitrogens is 3. The second-order valence-corrected chi connectivity index (χ2v) is 5.42. The summed E-state index contributed by atoms with van der Waals surface area (Å²) in [5, 5.41) is 1.09. The summed E-state index contributed by atoms with van der Waals surface area (Å²) in [4.78, 5) is 32.3. The predicted octanol–water partition coefficient (Wildman–Crippen LogP) is 1.25. The van der Waals surface area contributed by atoms with E-state index >= 15 is 0 Å². The number of pyridine rings is 1. The first kappa shape index (κ1) is 17.1. The smallest absolute Gasteiger partial charge is 0.378 e. The van der Waals surface area contributed by atoms with Gasteiger partial charge in [0.05, 0.1) is 12.3 Å². The Labute approximate surface area is 140 Å². The van der Waals surface area contributed by atoms with Gasteiger partial charge in [-0.3, -0.25) is 9.59 Å². The van der Waals surface area contributed by atoms with Crippen molar-refractivity contribution < 1.29 is 27.5 Å². The Morgan fingerprint density at radius 3 is 2.64 bits per heavy atom. The van der Waals surface area contributed by atoms with Crippen molar-refractivity contribution in [3.63, 3.8) is 0 Å². The van der Waals surface area contributed by atoms with Crippen LogP contribution >= 0.6 is 0 Å². The highest BCUT2D eigenvalue weighted by molar-refractivity contribution is 6.42. The molecule has 25 heavy (non-hydrogen) atoms. The molecule has 0 saturated heterocycles. The average Bonchev–Trinajstić information content (AvgIpc) is 3.03. The monoisotopic (exact) mass is 354 g/mol. The molecule has 0 fully saturated rings. The first-order valence-corrected chi connectivity index (χ1v) is 7.17. The molecule has 3 heterocycles. The largest absolute Gasteiger partial charge is 0.433 e. The number of amides is 1. The van der Waals surface area contributed by atoms with Crippen LogP contribution in [0.3, 0.4) is 0 Å². The van der Waals surface area contributed by atoms with Crippen LogP contribution in [0.1, 0.15) is 28.7 Å². The van der Waals surface area contributed by atoms with Gasteiger partial charge >= 0.3 is 12.1 Å². The summed E-state index contributed by atoms with van der Waals surface area (Å²) >= 11 is 0. The van der Waals surface area contributed by atoms with E-state index < -0.39 is 29.5 Å². The number of hydrogen-bond donors (Lipinski definition) is 0. The van der Waals surface area contributed by atoms with Crippen LogP contribution in [0.4, 0.5) is 13.2 Å². The van der Waals surface area contributed by atoms with E-state index in [0.717, 1.165) is 17.1 Å². The van der Waals surface area contributed by atoms with Crippen LogP contribution in [0, 0.1) is 0 Å². The molecule has 10 heteroatoms. The van der Waals surface area contributed by atoms with E-state index in [1.54, 1.807) is 0 Å². The topological polar surface area (TPSA) is 77.3 Å². The number of Topliss-reactive ketones (excluding diaryl/α,β-unsaturated/α-hetero) is 1. The first-order valence-electron chi connectivity index (χ1n) is 7.17. The fourth-order valence-corrected chi connectivity index (χ4v) is 2.73. The lowest BCUT2D eigenvalue weighted by molar-refractivity contribution is -0.141. The van der Waals surface area contributed by atoms with Gasteiger partial charge in [0, 0.05) is 26.6 Å². The Hall–Kier alpha value is -2.75. The summed E-state index contributed by atoms with van der Waals surface area (Å²) in [6.07, 6.45) is -1.75. The number of likely N-dealkylation sites (N-methyl/N-ethyl adjacent to an activating group) is 1. The third kappa shape index (κ3) is 2.78. The van der Waals surface area contributed by atoms with Gasteiger partial charge in [-0.25, -0.2) is 19.7 Å². The Morgan fingerprint density at radius 1 is 1.28 bits per heavy atom. The molecule has 132 valence electrons. The van der Waals surface area contributed by atoms with Crippen LogP contribution in [0.25, 0.3) is 0 Å². The summed E-state index contributed by atoms with van der Waals surface area (Å²) in [5.41, 5.74) is -1.00. The number of alkyl halides is 3. The van der Waals surface area contributed by atoms with E-state index in [1.165, 1.54) is 31.2 Å². The minimum Gasteiger partial charge on any atom is -0.378 e. The highest BCUT2D eigenvalue weighted by Crippen LogP contribution is 2.34. The second-order valence-electron chi connectivity index (χ2n) is 5.42. The molecule has 1 aliphatic rings. The van der Waals surface area contributed by atoms with Crippen molar-refractivity contribution in [1.82, 2.24) is 14.6 Å². The number of ether oxygens (including phenoxy) is 1. The SMILES string of the molecule is COCc1nc(C(F)(F)F)ccc1C1C(=O)C(=O)N(C)n2ccnc21. The number of ketones is 1. The lowest BCUT2D eigenvalue weighted by Gasteiger charge is -2.30. The van der Waals surface area contributed by atoms with Crippen molar-refractivity contribution in [2.45, 2.75) is 18.7 Å². The summed E-state index contributed by atoms with van der Waals surface area (Å²) in [6, 6.07) is 1.92. The van der Waals surface area contributed by atoms with E-state index in [0.29, 0.717) is 0 Å². The van der Waals surface area contributed by atoms with Crippen molar-refractivity contribution in [3.05, 3.63) is 47.3 Å². The minimum absolute atomic E-state index is 0.0671. The molecule has 0 saturated carbocycles. The maximum atomic E-state index is 12.9. The van der Waals surface area contributed by atoms with Gasteiger partial charge in [0.15, 0.2) is 0 Å². The average molecular weight is 354 g/mol. The summed E-state index contributed by atoms with van der Waals surface area (Å²) in [6.45, 7) is -0.242. The zero-order chi connectivity index (χ0) is 18.4. The highest BCUT2D eigenvalue weighted by atomic mass is 19.4. The third-order valence-electron chi connectivity index (χ3n) is 3.89. The van der Waals surface area contributed by atoms with Gasteiger partial charge in [-0.15, -0.1) is 0 Å². The molecule has 1 aliphatic heterocycles. The van der Waals surface area contributed by atoms with E-state index in [9.17, 15) is 22.8 Å². The molecule has 1 amide bonds. The zero-order valence-electron chi connectivity index (χ0n) is 13.2. The second kappa shape index (κ2) is 5.96. The number of halogens is 3. The number of fused-ring (bicyclic) bond motifs is 1. The Balaban J connectivity index is 2.17. The van der Waals surface area contributed by atoms with E-state index in [1.807, 2.05) is 0 Å². The summed E-state index contributed by atoms with van der Waals surface area (Å²) < 4.78 is 45.0. The van der Waals surface area contributed by atoms with Crippen molar-refractivity contribution >= 4 is 11.7 Å². The van der Waals surface area contributed by atoms with Gasteiger partial charge in [-0.2, -0.15) is 13.2 Å². The first-order chi connectivity index (χ1) is 11.8. The van der Waals surface area contributed by atoms with Crippen LogP contribution < -0.4 is 5.01 Å². The van der Waals surface area contributed by atoms with Gasteiger partial charge in [0.2, 0.25) is 5.78 Å². The number of imidazole rings is 1. The molecule has 1 atom stereocenters. The fourth-order valence-electron chi connectivity index (χ4n) is 2.73. The molecular weight excluding hydrogens is 341 g/mol. The van der Waals surface area contributed by atoms with Crippen LogP contribution in [0.2, 0.25) is 0 Å². The Morgan fingerprint density at radius 2 is 2.00 bits per heavy atom. The van der Waals surface area contributed by atoms with Gasteiger partial charge in [0.1, 0.15) is 17.4 Å². The molecule has 0 aliphatic carbocycles. The summed E-state index contributed by atoms with van der Waals surface area (Å²) in [7, 11) is 2.71. The normalized spacial score (nSPS) is 17.8. The third-order valence-corrected chi connectivity index (χ3v) is 3.89. The van der Waals surface area contributed by atoms with Gasteiger partial charge in [-0.05, 0) is 11.6 Å². The standard InChI is InChI=1S/C15H13F3N4O3/c1-21-14(24)12(23)11(13-19-5-6-22(13)21)8-3-4-10(15(16,17)18)20-9(8)7-25-2/h3-6,11H,7H2,1-2H3. The molecule has 7 nitrogen and oxygen atoms in total. The van der Waals surface area contributed by atoms with Gasteiger partial charge < -0.3 is 4.74 Å². The number of hydrogen-bond acceptors (Lipinski definition) is 5. The molecule has 0 aromatic carbocycles. The fraction of sp³-hybridized carbons (Fsp3) is 0.333. The quantitative estimate of drug-likeness (QED) is 0.776. The summed E-state index contributed by atoms with van der Waals surface area (Å²) in [5.74, 6) is -2.50. The molecule has 1 unspecified atom stereocenters. The maximum absolute atomic E-state index is 12.9. The van der Waals surface area contributed by atoms with Crippen LogP contribution in [0.15, 0.2) is 24.5 Å². The number of rotatable bonds is 3. The maximum Gasteiger partial charge on any atom is 0.433 e. The minimum atomic E-state index is -4.63. The van der Waals surface area contributed by atoms with E-state index in [-0.39, 0.29) is 23.7 Å².